The summed E-state index contributed by atoms with van der Waals surface area (Å²) in [6.07, 6.45) is 0.497. The van der Waals surface area contributed by atoms with E-state index in [2.05, 4.69) is 0 Å². The summed E-state index contributed by atoms with van der Waals surface area (Å²) >= 11 is 0. The van der Waals surface area contributed by atoms with Gasteiger partial charge < -0.3 is 9.84 Å². The van der Waals surface area contributed by atoms with E-state index in [0.717, 1.165) is 11.1 Å². The Balaban J connectivity index is 2.73. The van der Waals surface area contributed by atoms with Gasteiger partial charge in [0.15, 0.2) is 0 Å². The van der Waals surface area contributed by atoms with Crippen LogP contribution in [0.3, 0.4) is 0 Å². The summed E-state index contributed by atoms with van der Waals surface area (Å²) < 4.78 is 5.61. The third-order valence-corrected chi connectivity index (χ3v) is 2.80. The van der Waals surface area contributed by atoms with Crippen LogP contribution in [0.5, 0.6) is 0 Å². The molecule has 0 saturated heterocycles. The van der Waals surface area contributed by atoms with Crippen molar-refractivity contribution in [3.05, 3.63) is 35.4 Å². The fraction of sp³-hybridized carbons (Fsp3) is 0.533. The Kier molecular flexibility index (Phi) is 4.91. The van der Waals surface area contributed by atoms with Crippen LogP contribution < -0.4 is 0 Å². The summed E-state index contributed by atoms with van der Waals surface area (Å²) in [7, 11) is 0. The van der Waals surface area contributed by atoms with Gasteiger partial charge in [-0.3, -0.25) is 4.79 Å². The molecular formula is C15H22O3. The first-order valence-electron chi connectivity index (χ1n) is 6.23. The number of hydrogen-bond donors (Lipinski definition) is 1. The van der Waals surface area contributed by atoms with Crippen molar-refractivity contribution >= 4 is 5.97 Å². The second-order valence-corrected chi connectivity index (χ2v) is 5.50. The summed E-state index contributed by atoms with van der Waals surface area (Å²) in [6.45, 7) is 8.30. The molecule has 3 nitrogen and oxygen atoms in total. The van der Waals surface area contributed by atoms with Crippen molar-refractivity contribution in [2.45, 2.75) is 45.6 Å². The zero-order valence-corrected chi connectivity index (χ0v) is 11.6. The number of ether oxygens (including phenoxy) is 1. The number of carboxylic acid groups (broad SMARTS) is 1. The Morgan fingerprint density at radius 3 is 2.44 bits per heavy atom. The molecule has 3 heteroatoms. The fourth-order valence-corrected chi connectivity index (χ4v) is 1.87. The molecule has 0 amide bonds. The minimum absolute atomic E-state index is 0.227. The van der Waals surface area contributed by atoms with Gasteiger partial charge in [0.2, 0.25) is 0 Å². The lowest BCUT2D eigenvalue weighted by molar-refractivity contribution is -0.139. The fourth-order valence-electron chi connectivity index (χ4n) is 1.87. The third kappa shape index (κ3) is 4.49. The van der Waals surface area contributed by atoms with Crippen molar-refractivity contribution in [3.8, 4) is 0 Å². The van der Waals surface area contributed by atoms with Crippen LogP contribution in [-0.4, -0.2) is 23.3 Å². The van der Waals surface area contributed by atoms with E-state index >= 15 is 0 Å². The molecule has 0 bridgehead atoms. The Bertz CT molecular complexity index is 404. The van der Waals surface area contributed by atoms with Gasteiger partial charge in [0.1, 0.15) is 0 Å². The highest BCUT2D eigenvalue weighted by molar-refractivity contribution is 5.76. The minimum atomic E-state index is -0.790. The lowest BCUT2D eigenvalue weighted by Gasteiger charge is -2.21. The van der Waals surface area contributed by atoms with Gasteiger partial charge in [-0.25, -0.2) is 0 Å². The average molecular weight is 250 g/mol. The Morgan fingerprint density at radius 1 is 1.33 bits per heavy atom. The van der Waals surface area contributed by atoms with E-state index in [9.17, 15) is 9.90 Å². The quantitative estimate of drug-likeness (QED) is 0.871. The molecule has 1 aromatic rings. The lowest BCUT2D eigenvalue weighted by atomic mass is 9.92. The molecule has 0 aliphatic rings. The largest absolute Gasteiger partial charge is 0.481 e. The lowest BCUT2D eigenvalue weighted by Crippen LogP contribution is -2.22. The zero-order chi connectivity index (χ0) is 13.8. The van der Waals surface area contributed by atoms with E-state index in [1.807, 2.05) is 52.0 Å². The van der Waals surface area contributed by atoms with Gasteiger partial charge in [-0.2, -0.15) is 0 Å². The van der Waals surface area contributed by atoms with Crippen LogP contribution in [0.15, 0.2) is 24.3 Å². The van der Waals surface area contributed by atoms with E-state index in [4.69, 9.17) is 4.74 Å². The number of benzene rings is 1. The molecule has 1 unspecified atom stereocenters. The van der Waals surface area contributed by atoms with E-state index in [-0.39, 0.29) is 5.60 Å². The van der Waals surface area contributed by atoms with Crippen molar-refractivity contribution in [2.24, 2.45) is 0 Å². The summed E-state index contributed by atoms with van der Waals surface area (Å²) in [4.78, 5) is 11.4. The smallest absolute Gasteiger partial charge is 0.311 e. The van der Waals surface area contributed by atoms with Gasteiger partial charge in [-0.05, 0) is 45.2 Å². The third-order valence-electron chi connectivity index (χ3n) is 2.80. The standard InChI is InChI=1S/C15H22O3/c1-11-7-5-6-8-12(11)13(14(16)17)9-10-18-15(2,3)4/h5-8,13H,9-10H2,1-4H3,(H,16,17). The van der Waals surface area contributed by atoms with E-state index < -0.39 is 11.9 Å². The number of hydrogen-bond acceptors (Lipinski definition) is 2. The van der Waals surface area contributed by atoms with Gasteiger partial charge in [0, 0.05) is 6.61 Å². The zero-order valence-electron chi connectivity index (χ0n) is 11.6. The molecule has 100 valence electrons. The molecule has 0 heterocycles. The second kappa shape index (κ2) is 6.01. The summed E-state index contributed by atoms with van der Waals surface area (Å²) in [5.74, 6) is -1.28. The summed E-state index contributed by atoms with van der Waals surface area (Å²) in [5.41, 5.74) is 1.66. The molecule has 0 saturated carbocycles. The highest BCUT2D eigenvalue weighted by Gasteiger charge is 2.22. The number of aliphatic carboxylic acids is 1. The van der Waals surface area contributed by atoms with Crippen LogP contribution in [-0.2, 0) is 9.53 Å². The van der Waals surface area contributed by atoms with E-state index in [1.165, 1.54) is 0 Å². The topological polar surface area (TPSA) is 46.5 Å². The molecule has 0 aliphatic carbocycles. The summed E-state index contributed by atoms with van der Waals surface area (Å²) in [5, 5.41) is 9.33. The van der Waals surface area contributed by atoms with Gasteiger partial charge in [-0.15, -0.1) is 0 Å². The maximum atomic E-state index is 11.4. The SMILES string of the molecule is Cc1ccccc1C(CCOC(C)(C)C)C(=O)O. The normalized spacial score (nSPS) is 13.3. The summed E-state index contributed by atoms with van der Waals surface area (Å²) in [6, 6.07) is 7.62. The van der Waals surface area contributed by atoms with Crippen LogP contribution in [0.4, 0.5) is 0 Å². The predicted octanol–water partition coefficient (Wildman–Crippen LogP) is 3.37. The monoisotopic (exact) mass is 250 g/mol. The highest BCUT2D eigenvalue weighted by Crippen LogP contribution is 2.24. The van der Waals surface area contributed by atoms with Crippen molar-refractivity contribution in [1.29, 1.82) is 0 Å². The molecule has 0 fully saturated rings. The first-order valence-corrected chi connectivity index (χ1v) is 6.23. The van der Waals surface area contributed by atoms with E-state index in [0.29, 0.717) is 13.0 Å². The average Bonchev–Trinajstić information content (AvgIpc) is 2.24. The molecule has 1 N–H and O–H groups in total. The molecule has 18 heavy (non-hydrogen) atoms. The molecule has 0 spiro atoms. The number of carbonyl (C=O) groups is 1. The molecule has 0 aromatic heterocycles. The van der Waals surface area contributed by atoms with Crippen molar-refractivity contribution in [2.75, 3.05) is 6.61 Å². The molecule has 1 atom stereocenters. The van der Waals surface area contributed by atoms with Crippen molar-refractivity contribution in [3.63, 3.8) is 0 Å². The van der Waals surface area contributed by atoms with Gasteiger partial charge >= 0.3 is 5.97 Å². The number of rotatable bonds is 5. The van der Waals surface area contributed by atoms with Gasteiger partial charge in [-0.1, -0.05) is 24.3 Å². The van der Waals surface area contributed by atoms with Gasteiger partial charge in [0.05, 0.1) is 11.5 Å². The molecule has 0 radical (unpaired) electrons. The van der Waals surface area contributed by atoms with Gasteiger partial charge in [0.25, 0.3) is 0 Å². The first kappa shape index (κ1) is 14.7. The Morgan fingerprint density at radius 2 is 1.94 bits per heavy atom. The van der Waals surface area contributed by atoms with E-state index in [1.54, 1.807) is 0 Å². The van der Waals surface area contributed by atoms with Crippen LogP contribution in [0, 0.1) is 6.92 Å². The van der Waals surface area contributed by atoms with Crippen LogP contribution in [0.1, 0.15) is 44.2 Å². The Hall–Kier alpha value is -1.35. The molecular weight excluding hydrogens is 228 g/mol. The van der Waals surface area contributed by atoms with Crippen molar-refractivity contribution in [1.82, 2.24) is 0 Å². The maximum Gasteiger partial charge on any atom is 0.311 e. The van der Waals surface area contributed by atoms with Crippen molar-refractivity contribution < 1.29 is 14.6 Å². The van der Waals surface area contributed by atoms with Crippen LogP contribution in [0.25, 0.3) is 0 Å². The maximum absolute atomic E-state index is 11.4. The highest BCUT2D eigenvalue weighted by atomic mass is 16.5. The minimum Gasteiger partial charge on any atom is -0.481 e. The Labute approximate surface area is 109 Å². The second-order valence-electron chi connectivity index (χ2n) is 5.50. The molecule has 1 aromatic carbocycles. The molecule has 0 aliphatic heterocycles. The number of carboxylic acids is 1. The number of aryl methyl sites for hydroxylation is 1. The first-order chi connectivity index (χ1) is 8.31. The van der Waals surface area contributed by atoms with Crippen LogP contribution in [0.2, 0.25) is 0 Å². The van der Waals surface area contributed by atoms with Crippen LogP contribution >= 0.6 is 0 Å². The predicted molar refractivity (Wildman–Crippen MR) is 71.9 cm³/mol. The molecule has 1 rings (SSSR count).